The Morgan fingerprint density at radius 2 is 1.69 bits per heavy atom. The van der Waals surface area contributed by atoms with E-state index in [1.807, 2.05) is 0 Å². The molecule has 0 spiro atoms. The summed E-state index contributed by atoms with van der Waals surface area (Å²) in [6.45, 7) is 0. The van der Waals surface area contributed by atoms with Crippen LogP contribution >= 0.6 is 0 Å². The highest BCUT2D eigenvalue weighted by molar-refractivity contribution is 5.63. The summed E-state index contributed by atoms with van der Waals surface area (Å²) in [5.41, 5.74) is -0.178. The molecule has 1 nitrogen and oxygen atoms in total. The normalized spacial score (nSPS) is 10.5. The largest absolute Gasteiger partial charge is 0.248 e. The van der Waals surface area contributed by atoms with Gasteiger partial charge < -0.3 is 0 Å². The summed E-state index contributed by atoms with van der Waals surface area (Å²) in [5.74, 6) is -4.65. The van der Waals surface area contributed by atoms with E-state index < -0.39 is 23.4 Å². The van der Waals surface area contributed by atoms with Gasteiger partial charge in [0.25, 0.3) is 0 Å². The van der Waals surface area contributed by atoms with Gasteiger partial charge in [-0.05, 0) is 12.1 Å². The van der Waals surface area contributed by atoms with Crippen molar-refractivity contribution in [3.63, 3.8) is 0 Å². The van der Waals surface area contributed by atoms with E-state index >= 15 is 0 Å². The summed E-state index contributed by atoms with van der Waals surface area (Å²) in [7, 11) is 0. The first-order valence-electron chi connectivity index (χ1n) is 4.35. The van der Waals surface area contributed by atoms with E-state index in [-0.39, 0.29) is 11.1 Å². The Balaban J connectivity index is 2.59. The molecule has 16 heavy (non-hydrogen) atoms. The minimum absolute atomic E-state index is 0.0177. The predicted molar refractivity (Wildman–Crippen MR) is 49.5 cm³/mol. The van der Waals surface area contributed by atoms with Crippen molar-refractivity contribution in [2.45, 2.75) is 0 Å². The van der Waals surface area contributed by atoms with Crippen molar-refractivity contribution in [1.29, 1.82) is 0 Å². The maximum atomic E-state index is 13.3. The second kappa shape index (κ2) is 3.92. The van der Waals surface area contributed by atoms with Crippen LogP contribution in [-0.2, 0) is 0 Å². The predicted octanol–water partition coefficient (Wildman–Crippen LogP) is 3.31. The first kappa shape index (κ1) is 10.6. The number of hydrogen-bond acceptors (Lipinski definition) is 1. The van der Waals surface area contributed by atoms with Crippen LogP contribution in [0.25, 0.3) is 11.1 Å². The van der Waals surface area contributed by atoms with Crippen molar-refractivity contribution < 1.29 is 17.6 Å². The van der Waals surface area contributed by atoms with E-state index in [0.717, 1.165) is 18.3 Å². The molecule has 0 saturated carbocycles. The van der Waals surface area contributed by atoms with Gasteiger partial charge in [-0.2, -0.15) is 4.39 Å². The summed E-state index contributed by atoms with van der Waals surface area (Å²) in [6, 6.07) is 4.23. The molecular weight excluding hydrogens is 222 g/mol. The Bertz CT molecular complexity index is 540. The number of benzene rings is 1. The molecule has 2 rings (SSSR count). The average molecular weight is 227 g/mol. The molecular formula is C11H5F4N. The van der Waals surface area contributed by atoms with E-state index in [1.165, 1.54) is 12.1 Å². The molecule has 0 aliphatic heterocycles. The first-order chi connectivity index (χ1) is 7.59. The highest BCUT2D eigenvalue weighted by atomic mass is 19.2. The van der Waals surface area contributed by atoms with Crippen molar-refractivity contribution in [1.82, 2.24) is 4.98 Å². The van der Waals surface area contributed by atoms with Crippen molar-refractivity contribution in [3.05, 3.63) is 53.9 Å². The van der Waals surface area contributed by atoms with Gasteiger partial charge in [0.05, 0.1) is 0 Å². The lowest BCUT2D eigenvalue weighted by atomic mass is 10.1. The molecule has 1 aromatic carbocycles. The van der Waals surface area contributed by atoms with Gasteiger partial charge in [0.1, 0.15) is 0 Å². The molecule has 1 aromatic heterocycles. The lowest BCUT2D eigenvalue weighted by Gasteiger charge is -2.03. The lowest BCUT2D eigenvalue weighted by molar-refractivity contribution is 0.479. The van der Waals surface area contributed by atoms with E-state index in [2.05, 4.69) is 4.98 Å². The van der Waals surface area contributed by atoms with E-state index in [0.29, 0.717) is 0 Å². The molecule has 0 saturated heterocycles. The number of hydrogen-bond donors (Lipinski definition) is 0. The van der Waals surface area contributed by atoms with E-state index in [9.17, 15) is 17.6 Å². The number of halogens is 4. The van der Waals surface area contributed by atoms with Gasteiger partial charge in [-0.25, -0.2) is 18.2 Å². The maximum absolute atomic E-state index is 13.3. The molecule has 2 aromatic rings. The van der Waals surface area contributed by atoms with Crippen molar-refractivity contribution in [3.8, 4) is 11.1 Å². The minimum atomic E-state index is -1.28. The van der Waals surface area contributed by atoms with Gasteiger partial charge >= 0.3 is 0 Å². The van der Waals surface area contributed by atoms with Crippen LogP contribution in [0, 0.1) is 23.4 Å². The maximum Gasteiger partial charge on any atom is 0.248 e. The molecule has 0 unspecified atom stereocenters. The van der Waals surface area contributed by atoms with Crippen LogP contribution in [0.1, 0.15) is 0 Å². The van der Waals surface area contributed by atoms with Crippen LogP contribution in [0.3, 0.4) is 0 Å². The van der Waals surface area contributed by atoms with Gasteiger partial charge in [0.15, 0.2) is 17.5 Å². The fourth-order valence-corrected chi connectivity index (χ4v) is 1.30. The minimum Gasteiger partial charge on any atom is -0.225 e. The Hall–Kier alpha value is -1.91. The van der Waals surface area contributed by atoms with Crippen LogP contribution in [0.5, 0.6) is 0 Å². The SMILES string of the molecule is Fc1cc(-c2cccc(F)c2F)cnc1F. The van der Waals surface area contributed by atoms with Gasteiger partial charge in [-0.15, -0.1) is 0 Å². The smallest absolute Gasteiger partial charge is 0.225 e. The fourth-order valence-electron chi connectivity index (χ4n) is 1.30. The van der Waals surface area contributed by atoms with Gasteiger partial charge in [-0.1, -0.05) is 12.1 Å². The number of nitrogens with zero attached hydrogens (tertiary/aromatic N) is 1. The Labute approximate surface area is 88.4 Å². The van der Waals surface area contributed by atoms with Crippen LogP contribution in [0.2, 0.25) is 0 Å². The lowest BCUT2D eigenvalue weighted by Crippen LogP contribution is -1.93. The van der Waals surface area contributed by atoms with Crippen LogP contribution < -0.4 is 0 Å². The topological polar surface area (TPSA) is 12.9 Å². The summed E-state index contributed by atoms with van der Waals surface area (Å²) >= 11 is 0. The zero-order valence-electron chi connectivity index (χ0n) is 7.85. The van der Waals surface area contributed by atoms with Crippen molar-refractivity contribution >= 4 is 0 Å². The molecule has 1 heterocycles. The molecule has 0 radical (unpaired) electrons. The van der Waals surface area contributed by atoms with Gasteiger partial charge in [0.2, 0.25) is 5.95 Å². The molecule has 0 aliphatic rings. The highest BCUT2D eigenvalue weighted by Crippen LogP contribution is 2.24. The Morgan fingerprint density at radius 3 is 2.38 bits per heavy atom. The zero-order valence-corrected chi connectivity index (χ0v) is 7.85. The molecule has 0 atom stereocenters. The van der Waals surface area contributed by atoms with Crippen LogP contribution in [0.15, 0.2) is 30.5 Å². The van der Waals surface area contributed by atoms with Crippen LogP contribution in [0.4, 0.5) is 17.6 Å². The van der Waals surface area contributed by atoms with E-state index in [1.54, 1.807) is 0 Å². The van der Waals surface area contributed by atoms with Crippen molar-refractivity contribution in [2.75, 3.05) is 0 Å². The highest BCUT2D eigenvalue weighted by Gasteiger charge is 2.12. The number of aromatic nitrogens is 1. The second-order valence-corrected chi connectivity index (χ2v) is 3.10. The van der Waals surface area contributed by atoms with Gasteiger partial charge in [-0.3, -0.25) is 0 Å². The third kappa shape index (κ3) is 1.76. The monoisotopic (exact) mass is 227 g/mol. The standard InChI is InChI=1S/C11H5F4N/c12-8-3-1-2-7(10(8)14)6-4-9(13)11(15)16-5-6/h1-5H. The van der Waals surface area contributed by atoms with Gasteiger partial charge in [0, 0.05) is 17.3 Å². The second-order valence-electron chi connectivity index (χ2n) is 3.10. The third-order valence-corrected chi connectivity index (χ3v) is 2.06. The Kier molecular flexibility index (Phi) is 2.60. The third-order valence-electron chi connectivity index (χ3n) is 2.06. The molecule has 0 bridgehead atoms. The molecule has 0 N–H and O–H groups in total. The van der Waals surface area contributed by atoms with Crippen LogP contribution in [-0.4, -0.2) is 4.98 Å². The first-order valence-corrected chi connectivity index (χ1v) is 4.35. The summed E-state index contributed by atoms with van der Waals surface area (Å²) < 4.78 is 51.6. The quantitative estimate of drug-likeness (QED) is 0.538. The zero-order chi connectivity index (χ0) is 11.7. The molecule has 82 valence electrons. The molecule has 0 amide bonds. The average Bonchev–Trinajstić information content (AvgIpc) is 2.26. The summed E-state index contributed by atoms with van der Waals surface area (Å²) in [5, 5.41) is 0. The summed E-state index contributed by atoms with van der Waals surface area (Å²) in [4.78, 5) is 3.10. The van der Waals surface area contributed by atoms with E-state index in [4.69, 9.17) is 0 Å². The van der Waals surface area contributed by atoms with Crippen molar-refractivity contribution in [2.24, 2.45) is 0 Å². The fraction of sp³-hybridized carbons (Fsp3) is 0. The summed E-state index contributed by atoms with van der Waals surface area (Å²) in [6.07, 6.45) is 0.941. The molecule has 0 aliphatic carbocycles. The number of pyridine rings is 1. The Morgan fingerprint density at radius 1 is 0.938 bits per heavy atom. The molecule has 5 heteroatoms. The molecule has 0 fully saturated rings. The number of rotatable bonds is 1.